The van der Waals surface area contributed by atoms with Crippen molar-refractivity contribution < 1.29 is 9.53 Å². The number of nitriles is 1. The Labute approximate surface area is 284 Å². The molecule has 0 amide bonds. The summed E-state index contributed by atoms with van der Waals surface area (Å²) in [6.07, 6.45) is 5.69. The van der Waals surface area contributed by atoms with Gasteiger partial charge in [0.15, 0.2) is 0 Å². The maximum atomic E-state index is 12.4. The average Bonchev–Trinajstić information content (AvgIpc) is 3.90. The van der Waals surface area contributed by atoms with Crippen LogP contribution in [0.3, 0.4) is 0 Å². The van der Waals surface area contributed by atoms with Crippen molar-refractivity contribution in [2.45, 2.75) is 57.6 Å². The summed E-state index contributed by atoms with van der Waals surface area (Å²) in [6.45, 7) is 5.38. The molecule has 0 radical (unpaired) electrons. The topological polar surface area (TPSA) is 53.3 Å². The van der Waals surface area contributed by atoms with E-state index in [1.807, 2.05) is 41.7 Å². The number of thiophene rings is 2. The molecule has 3 heterocycles. The third-order valence-electron chi connectivity index (χ3n) is 9.84. The highest BCUT2D eigenvalue weighted by Gasteiger charge is 2.55. The van der Waals surface area contributed by atoms with Gasteiger partial charge in [0, 0.05) is 42.8 Å². The first-order chi connectivity index (χ1) is 22.8. The van der Waals surface area contributed by atoms with E-state index in [2.05, 4.69) is 77.7 Å². The molecule has 47 heavy (non-hydrogen) atoms. The highest BCUT2D eigenvalue weighted by atomic mass is 32.1. The summed E-state index contributed by atoms with van der Waals surface area (Å²) in [5, 5.41) is 9.51. The first kappa shape index (κ1) is 29.9. The molecule has 8 rings (SSSR count). The zero-order valence-electron chi connectivity index (χ0n) is 26.8. The normalized spacial score (nSPS) is 21.4. The van der Waals surface area contributed by atoms with Crippen molar-refractivity contribution in [1.82, 2.24) is 0 Å². The molecule has 234 valence electrons. The third kappa shape index (κ3) is 5.52. The summed E-state index contributed by atoms with van der Waals surface area (Å²) < 4.78 is 5.37. The van der Waals surface area contributed by atoms with Gasteiger partial charge in [0.2, 0.25) is 0 Å². The summed E-state index contributed by atoms with van der Waals surface area (Å²) in [6, 6.07) is 37.6. The molecule has 0 saturated heterocycles. The second-order valence-corrected chi connectivity index (χ2v) is 16.1. The number of ether oxygens (including phenoxy) is 1. The number of nitrogens with zero attached hydrogens (tertiary/aromatic N) is 2. The number of esters is 1. The van der Waals surface area contributed by atoms with E-state index in [1.165, 1.54) is 55.7 Å². The number of hydrogen-bond donors (Lipinski definition) is 0. The average molecular weight is 653 g/mol. The van der Waals surface area contributed by atoms with Crippen LogP contribution in [0.25, 0.3) is 36.7 Å². The van der Waals surface area contributed by atoms with Gasteiger partial charge in [0.25, 0.3) is 0 Å². The summed E-state index contributed by atoms with van der Waals surface area (Å²) >= 11 is 3.65. The minimum Gasteiger partial charge on any atom is -0.456 e. The molecule has 4 atom stereocenters. The fraction of sp³-hybridized carbons (Fsp3) is 0.268. The molecule has 1 aliphatic heterocycles. The summed E-state index contributed by atoms with van der Waals surface area (Å²) in [5.41, 5.74) is 6.83. The van der Waals surface area contributed by atoms with Gasteiger partial charge in [-0.3, -0.25) is 0 Å². The SMILES string of the molecule is CC(C)(C)OC(=O)/C(C#N)=C/c1ccc(-c2ccc(-c3ccc(-c4ccc5c(c4)C4C6CCC(C6)C4N5c4ccccc4)s3)s2)cc1. The first-order valence-corrected chi connectivity index (χ1v) is 18.0. The lowest BCUT2D eigenvalue weighted by atomic mass is 9.82. The zero-order chi connectivity index (χ0) is 32.3. The van der Waals surface area contributed by atoms with Crippen LogP contribution in [0, 0.1) is 23.2 Å². The quantitative estimate of drug-likeness (QED) is 0.104. The Kier molecular flexibility index (Phi) is 7.43. The van der Waals surface area contributed by atoms with Crippen molar-refractivity contribution in [3.05, 3.63) is 114 Å². The van der Waals surface area contributed by atoms with Crippen LogP contribution in [-0.4, -0.2) is 17.6 Å². The van der Waals surface area contributed by atoms with E-state index < -0.39 is 11.6 Å². The van der Waals surface area contributed by atoms with Crippen LogP contribution in [0.5, 0.6) is 0 Å². The highest BCUT2D eigenvalue weighted by molar-refractivity contribution is 7.25. The number of para-hydroxylation sites is 1. The molecule has 2 aliphatic carbocycles. The molecule has 2 aromatic heterocycles. The van der Waals surface area contributed by atoms with Crippen LogP contribution in [0.2, 0.25) is 0 Å². The van der Waals surface area contributed by atoms with E-state index >= 15 is 0 Å². The Bertz CT molecular complexity index is 2040. The molecular formula is C41H36N2O2S2. The lowest BCUT2D eigenvalue weighted by Crippen LogP contribution is -2.35. The molecule has 0 spiro atoms. The van der Waals surface area contributed by atoms with E-state index in [0.29, 0.717) is 12.0 Å². The van der Waals surface area contributed by atoms with E-state index in [9.17, 15) is 10.1 Å². The molecule has 2 saturated carbocycles. The van der Waals surface area contributed by atoms with Gasteiger partial charge in [0.1, 0.15) is 17.2 Å². The molecule has 2 fully saturated rings. The summed E-state index contributed by atoms with van der Waals surface area (Å²) in [5.74, 6) is 1.63. The van der Waals surface area contributed by atoms with Crippen LogP contribution in [0.15, 0.2) is 103 Å². The maximum Gasteiger partial charge on any atom is 0.349 e. The van der Waals surface area contributed by atoms with E-state index in [0.717, 1.165) is 23.0 Å². The predicted molar refractivity (Wildman–Crippen MR) is 194 cm³/mol. The minimum absolute atomic E-state index is 0.00762. The largest absolute Gasteiger partial charge is 0.456 e. The highest BCUT2D eigenvalue weighted by Crippen LogP contribution is 2.62. The van der Waals surface area contributed by atoms with Crippen LogP contribution in [0.1, 0.15) is 57.1 Å². The Morgan fingerprint density at radius 3 is 2.15 bits per heavy atom. The van der Waals surface area contributed by atoms with E-state index in [1.54, 1.807) is 43.7 Å². The molecule has 4 unspecified atom stereocenters. The predicted octanol–water partition coefficient (Wildman–Crippen LogP) is 11.1. The second-order valence-electron chi connectivity index (χ2n) is 14.0. The number of fused-ring (bicyclic) bond motifs is 7. The number of carbonyl (C=O) groups excluding carboxylic acids is 1. The van der Waals surface area contributed by atoms with Crippen LogP contribution < -0.4 is 4.90 Å². The van der Waals surface area contributed by atoms with Crippen molar-refractivity contribution in [1.29, 1.82) is 5.26 Å². The monoisotopic (exact) mass is 652 g/mol. The number of benzene rings is 3. The lowest BCUT2D eigenvalue weighted by molar-refractivity contribution is -0.149. The molecule has 4 nitrogen and oxygen atoms in total. The molecule has 6 heteroatoms. The number of carbonyl (C=O) groups is 1. The Balaban J connectivity index is 1.02. The van der Waals surface area contributed by atoms with Gasteiger partial charge in [0.05, 0.1) is 0 Å². The van der Waals surface area contributed by atoms with Gasteiger partial charge in [-0.05, 0) is 129 Å². The molecular weight excluding hydrogens is 617 g/mol. The van der Waals surface area contributed by atoms with E-state index in [-0.39, 0.29) is 5.57 Å². The third-order valence-corrected chi connectivity index (χ3v) is 12.3. The smallest absolute Gasteiger partial charge is 0.349 e. The molecule has 3 aromatic carbocycles. The number of anilines is 2. The van der Waals surface area contributed by atoms with Gasteiger partial charge in [-0.2, -0.15) is 5.26 Å². The molecule has 2 bridgehead atoms. The number of rotatable bonds is 6. The second kappa shape index (κ2) is 11.7. The maximum absolute atomic E-state index is 12.4. The fourth-order valence-corrected chi connectivity index (χ4v) is 10.1. The van der Waals surface area contributed by atoms with Crippen molar-refractivity contribution in [2.24, 2.45) is 11.8 Å². The van der Waals surface area contributed by atoms with Gasteiger partial charge in [-0.15, -0.1) is 22.7 Å². The van der Waals surface area contributed by atoms with Gasteiger partial charge < -0.3 is 9.64 Å². The van der Waals surface area contributed by atoms with Gasteiger partial charge >= 0.3 is 5.97 Å². The van der Waals surface area contributed by atoms with Crippen LogP contribution in [0.4, 0.5) is 11.4 Å². The Morgan fingerprint density at radius 1 is 0.830 bits per heavy atom. The molecule has 5 aromatic rings. The fourth-order valence-electron chi connectivity index (χ4n) is 7.96. The van der Waals surface area contributed by atoms with Crippen molar-refractivity contribution in [3.63, 3.8) is 0 Å². The van der Waals surface area contributed by atoms with Crippen molar-refractivity contribution in [3.8, 4) is 36.7 Å². The number of hydrogen-bond acceptors (Lipinski definition) is 6. The minimum atomic E-state index is -0.651. The van der Waals surface area contributed by atoms with E-state index in [4.69, 9.17) is 4.74 Å². The first-order valence-electron chi connectivity index (χ1n) is 16.4. The summed E-state index contributed by atoms with van der Waals surface area (Å²) in [4.78, 5) is 20.1. The van der Waals surface area contributed by atoms with Crippen LogP contribution in [-0.2, 0) is 9.53 Å². The summed E-state index contributed by atoms with van der Waals surface area (Å²) in [7, 11) is 0. The van der Waals surface area contributed by atoms with Gasteiger partial charge in [-0.1, -0.05) is 48.5 Å². The molecule has 0 N–H and O–H groups in total. The lowest BCUT2D eigenvalue weighted by Gasteiger charge is -2.33. The van der Waals surface area contributed by atoms with Crippen molar-refractivity contribution >= 4 is 46.1 Å². The Hall–Kier alpha value is -4.44. The zero-order valence-corrected chi connectivity index (χ0v) is 28.4. The van der Waals surface area contributed by atoms with Crippen molar-refractivity contribution in [2.75, 3.05) is 4.90 Å². The van der Waals surface area contributed by atoms with Crippen LogP contribution >= 0.6 is 22.7 Å². The Morgan fingerprint density at radius 2 is 1.47 bits per heavy atom. The standard InChI is InChI=1S/C41H36N2O2S2/c1-41(2,3)45-40(44)30(24-42)21-25-9-11-26(12-10-25)34-17-19-36(46-34)37-20-18-35(47-37)27-15-16-33-32(23-27)38-28-13-14-29(22-28)39(38)43(33)31-7-5-4-6-8-31/h4-12,15-21,23,28-29,38-39H,13-14,22H2,1-3H3/b30-21+. The van der Waals surface area contributed by atoms with Gasteiger partial charge in [-0.25, -0.2) is 4.79 Å². The molecule has 3 aliphatic rings.